The monoisotopic (exact) mass is 391 g/mol. The van der Waals surface area contributed by atoms with Crippen LogP contribution in [0.2, 0.25) is 0 Å². The highest BCUT2D eigenvalue weighted by molar-refractivity contribution is 9.10. The first kappa shape index (κ1) is 16.3. The third kappa shape index (κ3) is 3.68. The number of carbonyl (C=O) groups is 1. The van der Waals surface area contributed by atoms with E-state index in [1.807, 2.05) is 18.2 Å². The van der Waals surface area contributed by atoms with Crippen molar-refractivity contribution in [3.8, 4) is 17.6 Å². The van der Waals surface area contributed by atoms with Crippen molar-refractivity contribution in [3.05, 3.63) is 46.9 Å². The molecule has 124 valence electrons. The first-order chi connectivity index (χ1) is 11.5. The van der Waals surface area contributed by atoms with Gasteiger partial charge in [0.15, 0.2) is 11.7 Å². The second kappa shape index (κ2) is 6.92. The Labute approximate surface area is 146 Å². The molecule has 0 aliphatic heterocycles. The average Bonchev–Trinajstić information content (AvgIpc) is 2.97. The van der Waals surface area contributed by atoms with E-state index in [2.05, 4.69) is 25.7 Å². The zero-order valence-electron chi connectivity index (χ0n) is 13.0. The number of ether oxygens (including phenoxy) is 3. The van der Waals surface area contributed by atoms with Crippen LogP contribution < -0.4 is 9.47 Å². The van der Waals surface area contributed by atoms with E-state index in [9.17, 15) is 4.79 Å². The summed E-state index contributed by atoms with van der Waals surface area (Å²) >= 11 is 3.38. The highest BCUT2D eigenvalue weighted by Gasteiger charge is 2.15. The molecule has 0 aliphatic carbocycles. The molecule has 0 spiro atoms. The van der Waals surface area contributed by atoms with Gasteiger partial charge in [-0.2, -0.15) is 4.98 Å². The lowest BCUT2D eigenvalue weighted by Gasteiger charge is -2.12. The van der Waals surface area contributed by atoms with E-state index in [4.69, 9.17) is 13.9 Å². The summed E-state index contributed by atoms with van der Waals surface area (Å²) in [5, 5.41) is 0. The summed E-state index contributed by atoms with van der Waals surface area (Å²) in [7, 11) is 1.32. The van der Waals surface area contributed by atoms with Gasteiger partial charge in [0.2, 0.25) is 0 Å². The number of aromatic nitrogens is 1. The minimum absolute atomic E-state index is 0.152. The normalized spacial score (nSPS) is 12.0. The minimum Gasteiger partial charge on any atom is -0.479 e. The summed E-state index contributed by atoms with van der Waals surface area (Å²) in [4.78, 5) is 15.6. The van der Waals surface area contributed by atoms with E-state index in [1.165, 1.54) is 7.11 Å². The Morgan fingerprint density at radius 3 is 2.58 bits per heavy atom. The zero-order valence-corrected chi connectivity index (χ0v) is 14.6. The van der Waals surface area contributed by atoms with E-state index < -0.39 is 12.1 Å². The highest BCUT2D eigenvalue weighted by atomic mass is 79.9. The van der Waals surface area contributed by atoms with Gasteiger partial charge >= 0.3 is 12.0 Å². The quantitative estimate of drug-likeness (QED) is 0.603. The van der Waals surface area contributed by atoms with Crippen LogP contribution in [0.5, 0.6) is 17.6 Å². The maximum atomic E-state index is 11.3. The maximum Gasteiger partial charge on any atom is 0.400 e. The molecule has 1 atom stereocenters. The third-order valence-corrected chi connectivity index (χ3v) is 3.70. The SMILES string of the molecule is COC(=O)C(C)Oc1ccc(Oc2nc3cc(Br)ccc3o2)cc1. The summed E-state index contributed by atoms with van der Waals surface area (Å²) < 4.78 is 22.1. The molecular formula is C17H14BrNO5. The lowest BCUT2D eigenvalue weighted by atomic mass is 10.3. The summed E-state index contributed by atoms with van der Waals surface area (Å²) in [5.41, 5.74) is 1.34. The Morgan fingerprint density at radius 2 is 1.88 bits per heavy atom. The molecule has 0 N–H and O–H groups in total. The molecule has 0 amide bonds. The fourth-order valence-electron chi connectivity index (χ4n) is 2.03. The van der Waals surface area contributed by atoms with E-state index in [0.717, 1.165) is 4.47 Å². The Kier molecular flexibility index (Phi) is 4.71. The van der Waals surface area contributed by atoms with Crippen molar-refractivity contribution in [3.63, 3.8) is 0 Å². The molecule has 0 saturated heterocycles. The fourth-order valence-corrected chi connectivity index (χ4v) is 2.38. The number of esters is 1. The topological polar surface area (TPSA) is 70.8 Å². The van der Waals surface area contributed by atoms with Crippen molar-refractivity contribution in [2.75, 3.05) is 7.11 Å². The molecule has 1 unspecified atom stereocenters. The Morgan fingerprint density at radius 1 is 1.17 bits per heavy atom. The van der Waals surface area contributed by atoms with Gasteiger partial charge in [0, 0.05) is 4.47 Å². The van der Waals surface area contributed by atoms with Crippen molar-refractivity contribution in [1.82, 2.24) is 4.98 Å². The minimum atomic E-state index is -0.683. The molecule has 2 aromatic carbocycles. The van der Waals surface area contributed by atoms with Gasteiger partial charge in [-0.25, -0.2) is 4.79 Å². The number of benzene rings is 2. The first-order valence-corrected chi connectivity index (χ1v) is 7.93. The van der Waals surface area contributed by atoms with Crippen molar-refractivity contribution >= 4 is 33.0 Å². The highest BCUT2D eigenvalue weighted by Crippen LogP contribution is 2.28. The van der Waals surface area contributed by atoms with Crippen LogP contribution in [0.3, 0.4) is 0 Å². The van der Waals surface area contributed by atoms with Gasteiger partial charge in [-0.05, 0) is 49.4 Å². The van der Waals surface area contributed by atoms with Gasteiger partial charge in [0.25, 0.3) is 0 Å². The Balaban J connectivity index is 1.70. The van der Waals surface area contributed by atoms with Gasteiger partial charge < -0.3 is 18.6 Å². The van der Waals surface area contributed by atoms with Crippen molar-refractivity contribution in [1.29, 1.82) is 0 Å². The number of hydrogen-bond acceptors (Lipinski definition) is 6. The van der Waals surface area contributed by atoms with Crippen molar-refractivity contribution in [2.24, 2.45) is 0 Å². The molecule has 0 aliphatic rings. The van der Waals surface area contributed by atoms with E-state index in [0.29, 0.717) is 22.6 Å². The van der Waals surface area contributed by atoms with E-state index in [-0.39, 0.29) is 6.08 Å². The van der Waals surface area contributed by atoms with E-state index in [1.54, 1.807) is 31.2 Å². The zero-order chi connectivity index (χ0) is 17.1. The summed E-state index contributed by atoms with van der Waals surface area (Å²) in [6.07, 6.45) is -0.531. The van der Waals surface area contributed by atoms with Gasteiger partial charge in [0.05, 0.1) is 7.11 Å². The standard InChI is InChI=1S/C17H14BrNO5/c1-10(16(20)21-2)22-12-4-6-13(7-5-12)23-17-19-14-9-11(18)3-8-15(14)24-17/h3-10H,1-2H3. The molecule has 1 aromatic heterocycles. The van der Waals surface area contributed by atoms with Crippen LogP contribution in [0.15, 0.2) is 51.4 Å². The van der Waals surface area contributed by atoms with Crippen LogP contribution in [-0.2, 0) is 9.53 Å². The number of nitrogens with zero attached hydrogens (tertiary/aromatic N) is 1. The molecular weight excluding hydrogens is 378 g/mol. The smallest absolute Gasteiger partial charge is 0.400 e. The van der Waals surface area contributed by atoms with Gasteiger partial charge in [-0.3, -0.25) is 0 Å². The molecule has 24 heavy (non-hydrogen) atoms. The van der Waals surface area contributed by atoms with Crippen LogP contribution in [0.1, 0.15) is 6.92 Å². The van der Waals surface area contributed by atoms with E-state index >= 15 is 0 Å². The molecule has 1 heterocycles. The number of carbonyl (C=O) groups excluding carboxylic acids is 1. The number of rotatable bonds is 5. The number of hydrogen-bond donors (Lipinski definition) is 0. The molecule has 0 fully saturated rings. The molecule has 0 bridgehead atoms. The Bertz CT molecular complexity index is 859. The fraction of sp³-hybridized carbons (Fsp3) is 0.176. The third-order valence-electron chi connectivity index (χ3n) is 3.20. The largest absolute Gasteiger partial charge is 0.479 e. The lowest BCUT2D eigenvalue weighted by Crippen LogP contribution is -2.24. The van der Waals surface area contributed by atoms with Crippen LogP contribution >= 0.6 is 15.9 Å². The predicted molar refractivity (Wildman–Crippen MR) is 90.3 cm³/mol. The van der Waals surface area contributed by atoms with Crippen molar-refractivity contribution in [2.45, 2.75) is 13.0 Å². The predicted octanol–water partition coefficient (Wildman–Crippen LogP) is 4.32. The lowest BCUT2D eigenvalue weighted by molar-refractivity contribution is -0.147. The van der Waals surface area contributed by atoms with Gasteiger partial charge in [-0.1, -0.05) is 15.9 Å². The van der Waals surface area contributed by atoms with Gasteiger partial charge in [-0.15, -0.1) is 0 Å². The maximum absolute atomic E-state index is 11.3. The van der Waals surface area contributed by atoms with Crippen LogP contribution in [-0.4, -0.2) is 24.2 Å². The number of oxazole rings is 1. The molecule has 3 rings (SSSR count). The number of fused-ring (bicyclic) bond motifs is 1. The molecule has 7 heteroatoms. The summed E-state index contributed by atoms with van der Waals surface area (Å²) in [5.74, 6) is 0.633. The second-order valence-electron chi connectivity index (χ2n) is 4.95. The van der Waals surface area contributed by atoms with Crippen LogP contribution in [0, 0.1) is 0 Å². The van der Waals surface area contributed by atoms with Crippen LogP contribution in [0.4, 0.5) is 0 Å². The summed E-state index contributed by atoms with van der Waals surface area (Å²) in [6, 6.07) is 12.3. The summed E-state index contributed by atoms with van der Waals surface area (Å²) in [6.45, 7) is 1.62. The molecule has 0 saturated carbocycles. The van der Waals surface area contributed by atoms with Crippen molar-refractivity contribution < 1.29 is 23.4 Å². The Hall–Kier alpha value is -2.54. The molecule has 3 aromatic rings. The average molecular weight is 392 g/mol. The van der Waals surface area contributed by atoms with Crippen LogP contribution in [0.25, 0.3) is 11.1 Å². The number of methoxy groups -OCH3 is 1. The van der Waals surface area contributed by atoms with Gasteiger partial charge in [0.1, 0.15) is 17.0 Å². The first-order valence-electron chi connectivity index (χ1n) is 7.13. The molecule has 0 radical (unpaired) electrons. The number of halogens is 1. The molecule has 6 nitrogen and oxygen atoms in total. The second-order valence-corrected chi connectivity index (χ2v) is 5.86.